The SMILES string of the molecule is COC1CCN(S(=O)(=O)c2cc(C)c(C)cc2[N+](=O)[O-])C(CN)C1. The van der Waals surface area contributed by atoms with Gasteiger partial charge in [-0.25, -0.2) is 8.42 Å². The van der Waals surface area contributed by atoms with Gasteiger partial charge in [0.1, 0.15) is 0 Å². The molecule has 9 heteroatoms. The third kappa shape index (κ3) is 3.44. The molecular weight excluding hydrogens is 334 g/mol. The zero-order chi connectivity index (χ0) is 18.1. The molecule has 1 aliphatic heterocycles. The highest BCUT2D eigenvalue weighted by molar-refractivity contribution is 7.89. The van der Waals surface area contributed by atoms with Crippen molar-refractivity contribution in [2.75, 3.05) is 20.2 Å². The normalized spacial score (nSPS) is 22.5. The van der Waals surface area contributed by atoms with Gasteiger partial charge in [-0.15, -0.1) is 0 Å². The molecule has 0 spiro atoms. The van der Waals surface area contributed by atoms with Crippen molar-refractivity contribution in [3.05, 3.63) is 33.4 Å². The molecule has 24 heavy (non-hydrogen) atoms. The largest absolute Gasteiger partial charge is 0.381 e. The van der Waals surface area contributed by atoms with Crippen LogP contribution in [0.3, 0.4) is 0 Å². The zero-order valence-corrected chi connectivity index (χ0v) is 14.9. The average molecular weight is 357 g/mol. The first kappa shape index (κ1) is 18.8. The highest BCUT2D eigenvalue weighted by Crippen LogP contribution is 2.33. The lowest BCUT2D eigenvalue weighted by Gasteiger charge is -2.37. The number of nitrogens with two attached hydrogens (primary N) is 1. The predicted octanol–water partition coefficient (Wildman–Crippen LogP) is 1.34. The number of nitro groups is 1. The summed E-state index contributed by atoms with van der Waals surface area (Å²) < 4.78 is 32.7. The van der Waals surface area contributed by atoms with Crippen LogP contribution in [0, 0.1) is 24.0 Å². The highest BCUT2D eigenvalue weighted by atomic mass is 32.2. The van der Waals surface area contributed by atoms with Crippen LogP contribution in [-0.4, -0.2) is 50.0 Å². The first-order valence-electron chi connectivity index (χ1n) is 7.72. The molecule has 2 unspecified atom stereocenters. The molecule has 8 nitrogen and oxygen atoms in total. The van der Waals surface area contributed by atoms with Crippen molar-refractivity contribution in [3.63, 3.8) is 0 Å². The Morgan fingerprint density at radius 1 is 1.38 bits per heavy atom. The molecule has 1 aromatic rings. The Morgan fingerprint density at radius 3 is 2.54 bits per heavy atom. The van der Waals surface area contributed by atoms with E-state index in [0.717, 1.165) is 0 Å². The fraction of sp³-hybridized carbons (Fsp3) is 0.600. The van der Waals surface area contributed by atoms with Gasteiger partial charge in [-0.2, -0.15) is 4.31 Å². The summed E-state index contributed by atoms with van der Waals surface area (Å²) in [6.45, 7) is 3.81. The first-order chi connectivity index (χ1) is 11.2. The summed E-state index contributed by atoms with van der Waals surface area (Å²) in [5, 5.41) is 11.3. The summed E-state index contributed by atoms with van der Waals surface area (Å²) in [6.07, 6.45) is 0.954. The molecule has 1 saturated heterocycles. The topological polar surface area (TPSA) is 116 Å². The van der Waals surface area contributed by atoms with Crippen molar-refractivity contribution in [1.29, 1.82) is 0 Å². The van der Waals surface area contributed by atoms with Crippen molar-refractivity contribution >= 4 is 15.7 Å². The summed E-state index contributed by atoms with van der Waals surface area (Å²) >= 11 is 0. The number of methoxy groups -OCH3 is 1. The molecule has 1 aliphatic rings. The van der Waals surface area contributed by atoms with Gasteiger partial charge >= 0.3 is 0 Å². The van der Waals surface area contributed by atoms with Crippen molar-refractivity contribution in [2.45, 2.75) is 43.7 Å². The van der Waals surface area contributed by atoms with E-state index in [4.69, 9.17) is 10.5 Å². The molecule has 134 valence electrons. The Bertz CT molecular complexity index is 735. The van der Waals surface area contributed by atoms with Crippen LogP contribution in [0.25, 0.3) is 0 Å². The van der Waals surface area contributed by atoms with Gasteiger partial charge in [-0.05, 0) is 43.9 Å². The van der Waals surface area contributed by atoms with E-state index in [-0.39, 0.29) is 24.1 Å². The minimum Gasteiger partial charge on any atom is -0.381 e. The van der Waals surface area contributed by atoms with Crippen LogP contribution >= 0.6 is 0 Å². The van der Waals surface area contributed by atoms with Crippen LogP contribution in [0.4, 0.5) is 5.69 Å². The van der Waals surface area contributed by atoms with Gasteiger partial charge in [0.15, 0.2) is 4.90 Å². The molecule has 2 rings (SSSR count). The summed E-state index contributed by atoms with van der Waals surface area (Å²) in [5.41, 5.74) is 6.71. The number of rotatable bonds is 5. The summed E-state index contributed by atoms with van der Waals surface area (Å²) in [4.78, 5) is 10.4. The van der Waals surface area contributed by atoms with E-state index in [1.165, 1.54) is 16.4 Å². The maximum atomic E-state index is 13.1. The number of nitrogens with zero attached hydrogens (tertiary/aromatic N) is 2. The minimum absolute atomic E-state index is 0.0558. The lowest BCUT2D eigenvalue weighted by atomic mass is 10.0. The van der Waals surface area contributed by atoms with E-state index in [2.05, 4.69) is 0 Å². The minimum atomic E-state index is -4.01. The lowest BCUT2D eigenvalue weighted by molar-refractivity contribution is -0.387. The molecule has 2 N–H and O–H groups in total. The van der Waals surface area contributed by atoms with E-state index in [1.807, 2.05) is 0 Å². The Hall–Kier alpha value is -1.55. The zero-order valence-electron chi connectivity index (χ0n) is 14.1. The van der Waals surface area contributed by atoms with E-state index in [9.17, 15) is 18.5 Å². The monoisotopic (exact) mass is 357 g/mol. The molecule has 1 heterocycles. The first-order valence-corrected chi connectivity index (χ1v) is 9.16. The number of hydrogen-bond acceptors (Lipinski definition) is 6. The number of hydrogen-bond donors (Lipinski definition) is 1. The van der Waals surface area contributed by atoms with Crippen LogP contribution in [0.2, 0.25) is 0 Å². The standard InChI is InChI=1S/C15H23N3O5S/c1-10-6-14(18(19)20)15(7-11(10)2)24(21,22)17-5-4-13(23-3)8-12(17)9-16/h6-7,12-13H,4-5,8-9,16H2,1-3H3. The lowest BCUT2D eigenvalue weighted by Crippen LogP contribution is -2.51. The Labute approximate surface area is 141 Å². The molecule has 0 amide bonds. The fourth-order valence-electron chi connectivity index (χ4n) is 2.99. The molecule has 0 saturated carbocycles. The van der Waals surface area contributed by atoms with Gasteiger partial charge < -0.3 is 10.5 Å². The average Bonchev–Trinajstić information content (AvgIpc) is 2.55. The van der Waals surface area contributed by atoms with Gasteiger partial charge in [-0.3, -0.25) is 10.1 Å². The smallest absolute Gasteiger partial charge is 0.289 e. The van der Waals surface area contributed by atoms with E-state index >= 15 is 0 Å². The van der Waals surface area contributed by atoms with E-state index < -0.39 is 26.7 Å². The van der Waals surface area contributed by atoms with Crippen LogP contribution in [-0.2, 0) is 14.8 Å². The number of aryl methyl sites for hydroxylation is 2. The van der Waals surface area contributed by atoms with Crippen molar-refractivity contribution in [1.82, 2.24) is 4.31 Å². The Morgan fingerprint density at radius 2 is 2.00 bits per heavy atom. The van der Waals surface area contributed by atoms with Crippen LogP contribution in [0.15, 0.2) is 17.0 Å². The molecule has 0 aromatic heterocycles. The highest BCUT2D eigenvalue weighted by Gasteiger charge is 2.39. The van der Waals surface area contributed by atoms with E-state index in [1.54, 1.807) is 21.0 Å². The molecule has 0 aliphatic carbocycles. The summed E-state index contributed by atoms with van der Waals surface area (Å²) in [6, 6.07) is 2.25. The Kier molecular flexibility index (Phi) is 5.59. The molecule has 0 bridgehead atoms. The summed E-state index contributed by atoms with van der Waals surface area (Å²) in [5.74, 6) is 0. The van der Waals surface area contributed by atoms with Crippen LogP contribution in [0.5, 0.6) is 0 Å². The van der Waals surface area contributed by atoms with Gasteiger partial charge in [0.05, 0.1) is 11.0 Å². The Balaban J connectivity index is 2.50. The predicted molar refractivity (Wildman–Crippen MR) is 89.3 cm³/mol. The number of ether oxygens (including phenoxy) is 1. The third-order valence-electron chi connectivity index (χ3n) is 4.58. The molecule has 1 fully saturated rings. The van der Waals surface area contributed by atoms with Crippen LogP contribution < -0.4 is 5.73 Å². The van der Waals surface area contributed by atoms with Gasteiger partial charge in [0, 0.05) is 32.3 Å². The molecular formula is C15H23N3O5S. The summed E-state index contributed by atoms with van der Waals surface area (Å²) in [7, 11) is -2.43. The third-order valence-corrected chi connectivity index (χ3v) is 6.56. The molecule has 0 radical (unpaired) electrons. The number of benzene rings is 1. The van der Waals surface area contributed by atoms with Gasteiger partial charge in [-0.1, -0.05) is 0 Å². The van der Waals surface area contributed by atoms with Crippen molar-refractivity contribution in [2.24, 2.45) is 5.73 Å². The second-order valence-corrected chi connectivity index (χ2v) is 7.91. The number of nitro benzene ring substituents is 1. The fourth-order valence-corrected chi connectivity index (χ4v) is 4.87. The second-order valence-electron chi connectivity index (χ2n) is 6.05. The van der Waals surface area contributed by atoms with Gasteiger partial charge in [0.25, 0.3) is 5.69 Å². The maximum absolute atomic E-state index is 13.1. The number of piperidine rings is 1. The molecule has 1 aromatic carbocycles. The maximum Gasteiger partial charge on any atom is 0.289 e. The quantitative estimate of drug-likeness (QED) is 0.628. The van der Waals surface area contributed by atoms with Crippen molar-refractivity contribution < 1.29 is 18.1 Å². The van der Waals surface area contributed by atoms with Gasteiger partial charge in [0.2, 0.25) is 10.0 Å². The molecule has 2 atom stereocenters. The number of sulfonamides is 1. The van der Waals surface area contributed by atoms with Crippen molar-refractivity contribution in [3.8, 4) is 0 Å². The van der Waals surface area contributed by atoms with Crippen LogP contribution in [0.1, 0.15) is 24.0 Å². The van der Waals surface area contributed by atoms with E-state index in [0.29, 0.717) is 24.0 Å². The second kappa shape index (κ2) is 7.14.